The lowest BCUT2D eigenvalue weighted by atomic mass is 9.88. The number of aliphatic hydroxyl groups is 1. The minimum absolute atomic E-state index is 0.265. The monoisotopic (exact) mass is 315 g/mol. The van der Waals surface area contributed by atoms with Crippen molar-refractivity contribution in [2.45, 2.75) is 31.8 Å². The van der Waals surface area contributed by atoms with Gasteiger partial charge < -0.3 is 15.4 Å². The van der Waals surface area contributed by atoms with Gasteiger partial charge in [-0.05, 0) is 24.5 Å². The van der Waals surface area contributed by atoms with Gasteiger partial charge in [-0.15, -0.1) is 0 Å². The van der Waals surface area contributed by atoms with Crippen LogP contribution in [0.15, 0.2) is 18.3 Å². The fourth-order valence-electron chi connectivity index (χ4n) is 2.55. The molecule has 0 aliphatic carbocycles. The molecule has 22 heavy (non-hydrogen) atoms. The quantitative estimate of drug-likeness (QED) is 0.735. The first-order valence-corrected chi connectivity index (χ1v) is 7.10. The van der Waals surface area contributed by atoms with Crippen LogP contribution in [0.5, 0.6) is 0 Å². The third-order valence-electron chi connectivity index (χ3n) is 3.69. The maximum Gasteiger partial charge on any atom is 0.267 e. The molecule has 2 aromatic rings. The van der Waals surface area contributed by atoms with Gasteiger partial charge in [0.15, 0.2) is 0 Å². The lowest BCUT2D eigenvalue weighted by molar-refractivity contribution is -0.109. The summed E-state index contributed by atoms with van der Waals surface area (Å²) in [5, 5.41) is 13.9. The molecule has 3 N–H and O–H groups in total. The van der Waals surface area contributed by atoms with E-state index in [1.807, 2.05) is 0 Å². The summed E-state index contributed by atoms with van der Waals surface area (Å²) < 4.78 is 39.1. The third-order valence-corrected chi connectivity index (χ3v) is 3.69. The van der Waals surface area contributed by atoms with Gasteiger partial charge in [-0.3, -0.25) is 4.39 Å². The summed E-state index contributed by atoms with van der Waals surface area (Å²) in [5.41, 5.74) is -1.07. The Morgan fingerprint density at radius 1 is 1.41 bits per heavy atom. The zero-order valence-corrected chi connectivity index (χ0v) is 12.5. The molecule has 2 atom stereocenters. The number of fused-ring (bicyclic) bond motifs is 1. The number of hydrogen-bond donors (Lipinski definition) is 3. The molecule has 0 spiro atoms. The average Bonchev–Trinajstić information content (AvgIpc) is 2.87. The topological polar surface area (TPSA) is 60.9 Å². The van der Waals surface area contributed by atoms with Crippen LogP contribution in [0, 0.1) is 5.92 Å². The lowest BCUT2D eigenvalue weighted by Crippen LogP contribution is -2.41. The zero-order chi connectivity index (χ0) is 16.3. The van der Waals surface area contributed by atoms with Gasteiger partial charge in [0.25, 0.3) is 6.43 Å². The van der Waals surface area contributed by atoms with Crippen molar-refractivity contribution < 1.29 is 18.3 Å². The average molecular weight is 315 g/mol. The highest BCUT2D eigenvalue weighted by molar-refractivity contribution is 5.82. The first kappa shape index (κ1) is 16.6. The summed E-state index contributed by atoms with van der Waals surface area (Å²) in [5.74, 6) is 0.0363. The molecule has 4 nitrogen and oxygen atoms in total. The fraction of sp³-hybridized carbons (Fsp3) is 0.533. The van der Waals surface area contributed by atoms with Crippen LogP contribution < -0.4 is 5.32 Å². The summed E-state index contributed by atoms with van der Waals surface area (Å²) >= 11 is 0. The van der Waals surface area contributed by atoms with E-state index in [-0.39, 0.29) is 12.8 Å². The number of nitrogens with zero attached hydrogens (tertiary/aromatic N) is 1. The van der Waals surface area contributed by atoms with Gasteiger partial charge in [0, 0.05) is 24.5 Å². The van der Waals surface area contributed by atoms with Crippen LogP contribution in [-0.4, -0.2) is 40.8 Å². The van der Waals surface area contributed by atoms with Crippen LogP contribution >= 0.6 is 0 Å². The molecule has 2 rings (SSSR count). The zero-order valence-electron chi connectivity index (χ0n) is 12.5. The maximum absolute atomic E-state index is 13.2. The van der Waals surface area contributed by atoms with E-state index in [2.05, 4.69) is 15.3 Å². The van der Waals surface area contributed by atoms with Crippen molar-refractivity contribution in [3.8, 4) is 0 Å². The molecule has 122 valence electrons. The highest BCUT2D eigenvalue weighted by atomic mass is 19.3. The Balaban J connectivity index is 2.26. The number of pyridine rings is 1. The van der Waals surface area contributed by atoms with Gasteiger partial charge in [0.1, 0.15) is 11.4 Å². The van der Waals surface area contributed by atoms with E-state index in [4.69, 9.17) is 0 Å². The summed E-state index contributed by atoms with van der Waals surface area (Å²) in [6.07, 6.45) is -1.91. The van der Waals surface area contributed by atoms with Crippen molar-refractivity contribution in [2.24, 2.45) is 5.92 Å². The van der Waals surface area contributed by atoms with E-state index in [9.17, 15) is 18.3 Å². The highest BCUT2D eigenvalue weighted by Crippen LogP contribution is 2.30. The molecule has 0 aliphatic rings. The van der Waals surface area contributed by atoms with Crippen molar-refractivity contribution in [1.29, 1.82) is 0 Å². The smallest absolute Gasteiger partial charge is 0.267 e. The molecule has 0 radical (unpaired) electrons. The van der Waals surface area contributed by atoms with Gasteiger partial charge in [0.05, 0.1) is 18.4 Å². The van der Waals surface area contributed by atoms with Crippen molar-refractivity contribution in [2.75, 3.05) is 19.0 Å². The Bertz CT molecular complexity index is 632. The third kappa shape index (κ3) is 3.52. The van der Waals surface area contributed by atoms with Crippen molar-refractivity contribution >= 4 is 16.7 Å². The number of hydrogen-bond acceptors (Lipinski definition) is 3. The summed E-state index contributed by atoms with van der Waals surface area (Å²) in [6.45, 7) is 0.763. The van der Waals surface area contributed by atoms with Crippen LogP contribution in [0.4, 0.5) is 19.0 Å². The number of H-pyrrole nitrogens is 1. The summed E-state index contributed by atoms with van der Waals surface area (Å²) in [6, 6.07) is 3.48. The molecule has 7 heteroatoms. The van der Waals surface area contributed by atoms with E-state index >= 15 is 0 Å². The number of nitrogens with one attached hydrogen (secondary N) is 2. The van der Waals surface area contributed by atoms with Crippen LogP contribution in [-0.2, 0) is 6.42 Å². The van der Waals surface area contributed by atoms with Gasteiger partial charge in [-0.1, -0.05) is 6.92 Å². The normalized spacial score (nSPS) is 16.0. The first-order valence-electron chi connectivity index (χ1n) is 7.10. The molecule has 0 bridgehead atoms. The number of halogens is 3. The van der Waals surface area contributed by atoms with Gasteiger partial charge in [0.2, 0.25) is 0 Å². The molecule has 2 heterocycles. The van der Waals surface area contributed by atoms with E-state index in [1.165, 1.54) is 6.92 Å². The molecule has 0 aliphatic heterocycles. The Labute approximate surface area is 126 Å². The second-order valence-corrected chi connectivity index (χ2v) is 5.75. The van der Waals surface area contributed by atoms with E-state index in [0.717, 1.165) is 5.39 Å². The minimum atomic E-state index is -2.95. The minimum Gasteiger partial charge on any atom is -0.384 e. The van der Waals surface area contributed by atoms with E-state index < -0.39 is 24.6 Å². The molecule has 0 amide bonds. The first-order chi connectivity index (χ1) is 10.4. The molecule has 2 aromatic heterocycles. The molecule has 0 aromatic carbocycles. The van der Waals surface area contributed by atoms with Gasteiger partial charge in [-0.25, -0.2) is 13.8 Å². The van der Waals surface area contributed by atoms with E-state index in [0.29, 0.717) is 17.0 Å². The molecule has 0 saturated carbocycles. The van der Waals surface area contributed by atoms with Gasteiger partial charge in [-0.2, -0.15) is 0 Å². The Hall–Kier alpha value is -1.76. The van der Waals surface area contributed by atoms with Crippen LogP contribution in [0.1, 0.15) is 19.0 Å². The maximum atomic E-state index is 13.2. The number of anilines is 1. The van der Waals surface area contributed by atoms with Crippen LogP contribution in [0.3, 0.4) is 0 Å². The standard InChI is InChI=1S/C15H20F3N3O/c1-9(7-16)5-15(22,14(17)18)6-11-3-10-4-13(19-2)20-8-12(10)21-11/h3-4,8-9,14,21-22H,5-7H2,1-2H3,(H,19,20). The van der Waals surface area contributed by atoms with E-state index in [1.54, 1.807) is 25.4 Å². The SMILES string of the molecule is CNc1cc2cc(CC(O)(CC(C)CF)C(F)F)[nH]c2cn1. The lowest BCUT2D eigenvalue weighted by Gasteiger charge is -2.28. The van der Waals surface area contributed by atoms with Crippen molar-refractivity contribution in [3.63, 3.8) is 0 Å². The largest absolute Gasteiger partial charge is 0.384 e. The Morgan fingerprint density at radius 2 is 2.14 bits per heavy atom. The number of aromatic amines is 1. The number of alkyl halides is 3. The Morgan fingerprint density at radius 3 is 2.73 bits per heavy atom. The van der Waals surface area contributed by atoms with Gasteiger partial charge >= 0.3 is 0 Å². The van der Waals surface area contributed by atoms with Crippen molar-refractivity contribution in [3.05, 3.63) is 24.0 Å². The Kier molecular flexibility index (Phi) is 4.95. The van der Waals surface area contributed by atoms with Crippen LogP contribution in [0.2, 0.25) is 0 Å². The molecular weight excluding hydrogens is 295 g/mol. The number of rotatable bonds is 7. The summed E-state index contributed by atoms with van der Waals surface area (Å²) in [7, 11) is 1.73. The predicted octanol–water partition coefficient (Wildman–Crippen LogP) is 3.14. The molecule has 0 saturated heterocycles. The van der Waals surface area contributed by atoms with Crippen LogP contribution in [0.25, 0.3) is 10.9 Å². The number of aromatic nitrogens is 2. The second kappa shape index (κ2) is 6.56. The fourth-order valence-corrected chi connectivity index (χ4v) is 2.55. The highest BCUT2D eigenvalue weighted by Gasteiger charge is 2.39. The molecular formula is C15H20F3N3O. The molecule has 0 fully saturated rings. The second-order valence-electron chi connectivity index (χ2n) is 5.75. The predicted molar refractivity (Wildman–Crippen MR) is 80.1 cm³/mol. The molecule has 2 unspecified atom stereocenters. The van der Waals surface area contributed by atoms with Crippen molar-refractivity contribution in [1.82, 2.24) is 9.97 Å². The summed E-state index contributed by atoms with van der Waals surface area (Å²) in [4.78, 5) is 7.10.